The summed E-state index contributed by atoms with van der Waals surface area (Å²) in [5.41, 5.74) is 18.2. The Bertz CT molecular complexity index is 2130. The van der Waals surface area contributed by atoms with Gasteiger partial charge in [-0.3, -0.25) is 9.59 Å². The number of unbranched alkanes of at least 4 members (excludes halogenated alkanes) is 2. The Morgan fingerprint density at radius 1 is 0.966 bits per heavy atom. The van der Waals surface area contributed by atoms with Gasteiger partial charge in [0.25, 0.3) is 0 Å². The van der Waals surface area contributed by atoms with Crippen LogP contribution in [0.5, 0.6) is 17.2 Å². The highest BCUT2D eigenvalue weighted by Gasteiger charge is 2.31. The lowest BCUT2D eigenvalue weighted by Gasteiger charge is -2.27. The molecule has 6 rings (SSSR count). The van der Waals surface area contributed by atoms with Crippen molar-refractivity contribution in [2.45, 2.75) is 122 Å². The smallest absolute Gasteiger partial charge is 0.165 e. The summed E-state index contributed by atoms with van der Waals surface area (Å²) in [5, 5.41) is 21.9. The zero-order valence-corrected chi connectivity index (χ0v) is 34.3. The first-order valence-electron chi connectivity index (χ1n) is 21.4. The Labute approximate surface area is 344 Å². The summed E-state index contributed by atoms with van der Waals surface area (Å²) >= 11 is 0. The number of benzene rings is 3. The van der Waals surface area contributed by atoms with Crippen LogP contribution in [0.1, 0.15) is 152 Å². The summed E-state index contributed by atoms with van der Waals surface area (Å²) < 4.78 is 6.10. The van der Waals surface area contributed by atoms with Gasteiger partial charge in [0.1, 0.15) is 5.75 Å². The van der Waals surface area contributed by atoms with Crippen LogP contribution < -0.4 is 16.2 Å². The number of hydrogen-bond donors (Lipinski definition) is 5. The molecule has 0 radical (unpaired) electrons. The number of ether oxygens (including phenoxy) is 1. The summed E-state index contributed by atoms with van der Waals surface area (Å²) in [5.74, 6) is 7.26. The predicted molar refractivity (Wildman–Crippen MR) is 231 cm³/mol. The number of H-pyrrole nitrogens is 1. The molecule has 0 bridgehead atoms. The van der Waals surface area contributed by atoms with Crippen molar-refractivity contribution in [1.29, 1.82) is 0 Å². The predicted octanol–water partition coefficient (Wildman–Crippen LogP) is 9.89. The molecule has 0 spiro atoms. The number of Topliss-reactive ketones (excluding diaryl/α,β-unsaturated/α-hetero) is 1. The number of aromatic hydroxyl groups is 2. The van der Waals surface area contributed by atoms with E-state index in [0.29, 0.717) is 48.1 Å². The molecule has 2 unspecified atom stereocenters. The minimum atomic E-state index is -0.683. The topological polar surface area (TPSA) is 152 Å². The Balaban J connectivity index is 1.10. The van der Waals surface area contributed by atoms with Crippen molar-refractivity contribution < 1.29 is 24.5 Å². The monoisotopic (exact) mass is 783 g/mol. The van der Waals surface area contributed by atoms with Crippen LogP contribution in [0.4, 0.5) is 0 Å². The maximum Gasteiger partial charge on any atom is 0.165 e. The van der Waals surface area contributed by atoms with Gasteiger partial charge in [0, 0.05) is 53.8 Å². The van der Waals surface area contributed by atoms with Gasteiger partial charge in [-0.05, 0) is 102 Å². The lowest BCUT2D eigenvalue weighted by molar-refractivity contribution is -0.114. The second kappa shape index (κ2) is 20.0. The van der Waals surface area contributed by atoms with Crippen LogP contribution in [0.15, 0.2) is 79.0 Å². The quantitative estimate of drug-likeness (QED) is 0.0292. The van der Waals surface area contributed by atoms with Gasteiger partial charge in [-0.25, -0.2) is 0 Å². The van der Waals surface area contributed by atoms with Crippen molar-refractivity contribution in [1.82, 2.24) is 4.98 Å². The number of nitrogens with two attached hydrogens (primary N) is 2. The highest BCUT2D eigenvalue weighted by molar-refractivity contribution is 5.98. The van der Waals surface area contributed by atoms with E-state index in [1.54, 1.807) is 24.4 Å². The molecule has 58 heavy (non-hydrogen) atoms. The molecule has 0 aliphatic heterocycles. The molecule has 4 aromatic rings. The number of allylic oxidation sites excluding steroid dienone is 2. The van der Waals surface area contributed by atoms with Gasteiger partial charge < -0.3 is 31.4 Å². The number of rotatable bonds is 18. The van der Waals surface area contributed by atoms with Gasteiger partial charge in [0.05, 0.1) is 19.2 Å². The van der Waals surface area contributed by atoms with E-state index in [9.17, 15) is 19.8 Å². The molecule has 1 heterocycles. The van der Waals surface area contributed by atoms with Crippen molar-refractivity contribution in [2.75, 3.05) is 6.61 Å². The molecule has 8 heteroatoms. The van der Waals surface area contributed by atoms with E-state index < -0.39 is 12.1 Å². The van der Waals surface area contributed by atoms with Gasteiger partial charge in [-0.15, -0.1) is 0 Å². The highest BCUT2D eigenvalue weighted by Crippen LogP contribution is 2.44. The number of phenols is 2. The third kappa shape index (κ3) is 11.1. The van der Waals surface area contributed by atoms with Crippen LogP contribution in [0.3, 0.4) is 0 Å². The fraction of sp³-hybridized carbons (Fsp3) is 0.440. The first-order chi connectivity index (χ1) is 28.0. The standard InChI is InChI=1S/C50H61N3O5/c1-3-4-5-9-34(2)20-26-50(24-6-7-25-50)27-21-39(54)16-12-35-14-19-46(56)48(31-35)58-29-23-36-13-18-45(55)43(30-36)42-33-47(57)41-22-28-53-44(41)11-8-10-37-32-38(49(51)52)15-17-40(37)42/h13-15,17-19,21-22,27-28,30-32,34,42,49,53,55-56H,3-7,9,11-12,16,20,23-26,29,33,51-52H2,1-2H3. The summed E-state index contributed by atoms with van der Waals surface area (Å²) in [4.78, 5) is 30.0. The molecule has 2 atom stereocenters. The third-order valence-corrected chi connectivity index (χ3v) is 12.3. The van der Waals surface area contributed by atoms with Crippen LogP contribution in [0, 0.1) is 23.2 Å². The molecule has 0 amide bonds. The second-order valence-corrected chi connectivity index (χ2v) is 16.7. The van der Waals surface area contributed by atoms with E-state index in [1.807, 2.05) is 48.5 Å². The Kier molecular flexibility index (Phi) is 14.7. The zero-order valence-electron chi connectivity index (χ0n) is 34.3. The van der Waals surface area contributed by atoms with Gasteiger partial charge in [-0.1, -0.05) is 101 Å². The minimum absolute atomic E-state index is 0.0342. The Morgan fingerprint density at radius 2 is 1.74 bits per heavy atom. The molecular weight excluding hydrogens is 723 g/mol. The summed E-state index contributed by atoms with van der Waals surface area (Å²) in [6.07, 6.45) is 19.5. The summed E-state index contributed by atoms with van der Waals surface area (Å²) in [6.45, 7) is 4.89. The zero-order chi connectivity index (χ0) is 41.1. The van der Waals surface area contributed by atoms with Crippen molar-refractivity contribution in [3.63, 3.8) is 0 Å². The van der Waals surface area contributed by atoms with Crippen LogP contribution in [-0.2, 0) is 24.1 Å². The fourth-order valence-electron chi connectivity index (χ4n) is 8.68. The minimum Gasteiger partial charge on any atom is -0.508 e. The molecule has 2 aliphatic carbocycles. The number of aromatic nitrogens is 1. The maximum atomic E-state index is 13.7. The van der Waals surface area contributed by atoms with Crippen molar-refractivity contribution >= 4 is 11.6 Å². The number of aryl methyl sites for hydroxylation is 1. The average Bonchev–Trinajstić information content (AvgIpc) is 3.90. The first-order valence-corrected chi connectivity index (χ1v) is 21.4. The van der Waals surface area contributed by atoms with E-state index in [-0.39, 0.29) is 41.5 Å². The molecule has 1 saturated carbocycles. The number of carbonyl (C=O) groups excluding carboxylic acids is 2. The highest BCUT2D eigenvalue weighted by atomic mass is 16.5. The first kappa shape index (κ1) is 42.5. The lowest BCUT2D eigenvalue weighted by atomic mass is 9.78. The van der Waals surface area contributed by atoms with Crippen molar-refractivity contribution in [3.8, 4) is 29.1 Å². The number of ketones is 2. The Morgan fingerprint density at radius 3 is 2.52 bits per heavy atom. The number of phenolic OH excluding ortho intramolecular Hbond substituents is 2. The van der Waals surface area contributed by atoms with E-state index in [1.165, 1.54) is 57.8 Å². The van der Waals surface area contributed by atoms with Gasteiger partial charge in [0.2, 0.25) is 0 Å². The summed E-state index contributed by atoms with van der Waals surface area (Å²) in [7, 11) is 0. The maximum absolute atomic E-state index is 13.7. The van der Waals surface area contributed by atoms with E-state index in [2.05, 4.69) is 36.7 Å². The molecular formula is C50H61N3O5. The number of hydrogen-bond acceptors (Lipinski definition) is 7. The molecule has 2 aliphatic rings. The molecule has 0 saturated heterocycles. The Hall–Kier alpha value is -5.10. The van der Waals surface area contributed by atoms with Crippen LogP contribution in [0.25, 0.3) is 0 Å². The molecule has 8 nitrogen and oxygen atoms in total. The number of aromatic amines is 1. The van der Waals surface area contributed by atoms with Crippen LogP contribution in [-0.4, -0.2) is 33.4 Å². The van der Waals surface area contributed by atoms with Gasteiger partial charge >= 0.3 is 0 Å². The van der Waals surface area contributed by atoms with Gasteiger partial charge in [0.15, 0.2) is 23.1 Å². The molecule has 1 aromatic heterocycles. The summed E-state index contributed by atoms with van der Waals surface area (Å²) in [6, 6.07) is 18.1. The second-order valence-electron chi connectivity index (χ2n) is 16.7. The average molecular weight is 784 g/mol. The number of nitrogens with one attached hydrogen (secondary N) is 1. The fourth-order valence-corrected chi connectivity index (χ4v) is 8.68. The van der Waals surface area contributed by atoms with E-state index in [0.717, 1.165) is 40.3 Å². The SMILES string of the molecule is CCCCCC(C)CCC1(C=CC(=O)CCc2ccc(O)c(OCCc3ccc(O)c(C4CC(=O)c5cc[nH]c5CC#Cc5cc(C(N)N)ccc54)c3)c2)CCCC1. The third-order valence-electron chi connectivity index (χ3n) is 12.3. The van der Waals surface area contributed by atoms with Crippen molar-refractivity contribution in [2.24, 2.45) is 22.8 Å². The largest absolute Gasteiger partial charge is 0.508 e. The van der Waals surface area contributed by atoms with E-state index >= 15 is 0 Å². The molecule has 7 N–H and O–H groups in total. The van der Waals surface area contributed by atoms with Gasteiger partial charge in [-0.2, -0.15) is 0 Å². The van der Waals surface area contributed by atoms with Crippen LogP contribution in [0.2, 0.25) is 0 Å². The molecule has 3 aromatic carbocycles. The molecule has 306 valence electrons. The number of fused-ring (bicyclic) bond motifs is 2. The lowest BCUT2D eigenvalue weighted by Crippen LogP contribution is -2.20. The molecule has 1 fully saturated rings. The van der Waals surface area contributed by atoms with Crippen molar-refractivity contribution in [3.05, 3.63) is 124 Å². The van der Waals surface area contributed by atoms with E-state index in [4.69, 9.17) is 16.2 Å². The number of carbonyl (C=O) groups is 2. The normalized spacial score (nSPS) is 16.8. The van der Waals surface area contributed by atoms with Crippen LogP contribution >= 0.6 is 0 Å².